The van der Waals surface area contributed by atoms with Gasteiger partial charge in [0.15, 0.2) is 0 Å². The first-order valence-electron chi connectivity index (χ1n) is 8.74. The first kappa shape index (κ1) is 19.0. The molecule has 26 heavy (non-hydrogen) atoms. The first-order valence-corrected chi connectivity index (χ1v) is 10.1. The second kappa shape index (κ2) is 7.84. The molecular weight excluding hydrogens is 350 g/mol. The minimum atomic E-state index is -3.68. The summed E-state index contributed by atoms with van der Waals surface area (Å²) in [5.74, 6) is 0. The molecule has 1 fully saturated rings. The van der Waals surface area contributed by atoms with Crippen molar-refractivity contribution >= 4 is 10.2 Å². The summed E-state index contributed by atoms with van der Waals surface area (Å²) in [6.45, 7) is 4.48. The highest BCUT2D eigenvalue weighted by Gasteiger charge is 2.38. The molecule has 1 aliphatic heterocycles. The normalized spacial score (nSPS) is 23.1. The monoisotopic (exact) mass is 375 g/mol. The van der Waals surface area contributed by atoms with Crippen molar-refractivity contribution < 1.29 is 13.2 Å². The predicted octanol–water partition coefficient (Wildman–Crippen LogP) is 2.46. The summed E-state index contributed by atoms with van der Waals surface area (Å²) >= 11 is 0. The van der Waals surface area contributed by atoms with Crippen molar-refractivity contribution in [1.82, 2.24) is 13.6 Å². The summed E-state index contributed by atoms with van der Waals surface area (Å²) in [5, 5.41) is 0. The Morgan fingerprint density at radius 2 is 1.69 bits per heavy atom. The lowest BCUT2D eigenvalue weighted by Gasteiger charge is -2.38. The van der Waals surface area contributed by atoms with E-state index >= 15 is 0 Å². The number of aromatic nitrogens is 1. The van der Waals surface area contributed by atoms with Crippen molar-refractivity contribution in [1.29, 1.82) is 0 Å². The summed E-state index contributed by atoms with van der Waals surface area (Å²) in [6, 6.07) is 14.6. The van der Waals surface area contributed by atoms with Crippen LogP contribution in [0.5, 0.6) is 0 Å². The van der Waals surface area contributed by atoms with E-state index < -0.39 is 16.3 Å². The van der Waals surface area contributed by atoms with Crippen molar-refractivity contribution in [3.63, 3.8) is 0 Å². The Labute approximate surface area is 155 Å². The molecule has 1 saturated heterocycles. The second-order valence-corrected chi connectivity index (χ2v) is 8.65. The van der Waals surface area contributed by atoms with E-state index in [0.717, 1.165) is 5.56 Å². The lowest BCUT2D eigenvalue weighted by molar-refractivity contribution is -0.0454. The van der Waals surface area contributed by atoms with Crippen LogP contribution < -0.4 is 0 Å². The maximum Gasteiger partial charge on any atom is 0.282 e. The number of morpholine rings is 1. The molecule has 3 atom stereocenters. The zero-order chi connectivity index (χ0) is 18.7. The minimum absolute atomic E-state index is 0.132. The van der Waals surface area contributed by atoms with Gasteiger partial charge in [0.25, 0.3) is 10.2 Å². The Bertz CT molecular complexity index is 765. The summed E-state index contributed by atoms with van der Waals surface area (Å²) in [5.41, 5.74) is 1.57. The predicted molar refractivity (Wildman–Crippen MR) is 101 cm³/mol. The summed E-state index contributed by atoms with van der Waals surface area (Å²) in [4.78, 5) is 4.42. The molecule has 0 radical (unpaired) electrons. The molecule has 140 valence electrons. The molecule has 0 aliphatic carbocycles. The van der Waals surface area contributed by atoms with Gasteiger partial charge in [-0.1, -0.05) is 36.4 Å². The molecule has 7 heteroatoms. The Kier molecular flexibility index (Phi) is 5.72. The van der Waals surface area contributed by atoms with Crippen LogP contribution in [0.2, 0.25) is 0 Å². The Morgan fingerprint density at radius 1 is 1.08 bits per heavy atom. The smallest absolute Gasteiger partial charge is 0.282 e. The van der Waals surface area contributed by atoms with Crippen molar-refractivity contribution in [3.8, 4) is 0 Å². The third kappa shape index (κ3) is 3.96. The fraction of sp³-hybridized carbons (Fsp3) is 0.421. The highest BCUT2D eigenvalue weighted by atomic mass is 32.2. The third-order valence-corrected chi connectivity index (χ3v) is 6.41. The zero-order valence-corrected chi connectivity index (χ0v) is 16.1. The average molecular weight is 375 g/mol. The molecule has 2 aromatic rings. The van der Waals surface area contributed by atoms with E-state index in [0.29, 0.717) is 18.8 Å². The van der Waals surface area contributed by atoms with Gasteiger partial charge in [-0.25, -0.2) is 0 Å². The van der Waals surface area contributed by atoms with Crippen molar-refractivity contribution in [2.45, 2.75) is 32.1 Å². The highest BCUT2D eigenvalue weighted by Crippen LogP contribution is 2.30. The molecule has 0 spiro atoms. The second-order valence-electron chi connectivity index (χ2n) is 6.67. The first-order chi connectivity index (χ1) is 12.4. The molecule has 3 rings (SSSR count). The Morgan fingerprint density at radius 3 is 2.27 bits per heavy atom. The number of nitrogens with zero attached hydrogens (tertiary/aromatic N) is 3. The van der Waals surface area contributed by atoms with Crippen LogP contribution in [0, 0.1) is 0 Å². The van der Waals surface area contributed by atoms with Gasteiger partial charge in [0, 0.05) is 26.3 Å². The molecule has 0 saturated carbocycles. The summed E-state index contributed by atoms with van der Waals surface area (Å²) in [6.07, 6.45) is 1.42. The van der Waals surface area contributed by atoms with Crippen LogP contribution in [0.4, 0.5) is 0 Å². The maximum atomic E-state index is 13.3. The van der Waals surface area contributed by atoms with Crippen LogP contribution in [0.25, 0.3) is 0 Å². The van der Waals surface area contributed by atoms with Crippen molar-refractivity contribution in [3.05, 3.63) is 66.0 Å². The molecule has 0 bridgehead atoms. The van der Waals surface area contributed by atoms with E-state index in [1.165, 1.54) is 8.61 Å². The van der Waals surface area contributed by atoms with Gasteiger partial charge < -0.3 is 4.74 Å². The van der Waals surface area contributed by atoms with E-state index in [-0.39, 0.29) is 12.2 Å². The summed E-state index contributed by atoms with van der Waals surface area (Å²) < 4.78 is 35.3. The number of rotatable bonds is 5. The van der Waals surface area contributed by atoms with Gasteiger partial charge >= 0.3 is 0 Å². The fourth-order valence-electron chi connectivity index (χ4n) is 3.37. The maximum absolute atomic E-state index is 13.3. The van der Waals surface area contributed by atoms with Gasteiger partial charge in [-0.15, -0.1) is 0 Å². The van der Waals surface area contributed by atoms with Crippen LogP contribution in [0.1, 0.15) is 31.1 Å². The van der Waals surface area contributed by atoms with Crippen LogP contribution in [-0.2, 0) is 14.9 Å². The van der Waals surface area contributed by atoms with Crippen molar-refractivity contribution in [2.24, 2.45) is 0 Å². The molecule has 0 N–H and O–H groups in total. The van der Waals surface area contributed by atoms with Gasteiger partial charge in [-0.3, -0.25) is 4.98 Å². The van der Waals surface area contributed by atoms with Crippen LogP contribution in [0.15, 0.2) is 54.7 Å². The average Bonchev–Trinajstić information content (AvgIpc) is 2.63. The van der Waals surface area contributed by atoms with Gasteiger partial charge in [0.1, 0.15) is 0 Å². The molecule has 1 aliphatic rings. The summed E-state index contributed by atoms with van der Waals surface area (Å²) in [7, 11) is -2.06. The van der Waals surface area contributed by atoms with Gasteiger partial charge in [0.2, 0.25) is 0 Å². The zero-order valence-electron chi connectivity index (χ0n) is 15.3. The van der Waals surface area contributed by atoms with E-state index in [4.69, 9.17) is 4.74 Å². The standard InChI is InChI=1S/C19H25N3O3S/c1-15-13-22(14-16(2)25-15)26(23,24)21(3)19(17-9-5-4-6-10-17)18-11-7-8-12-20-18/h4-12,15-16,19H,13-14H2,1-3H3. The third-order valence-electron chi connectivity index (χ3n) is 4.52. The van der Waals surface area contributed by atoms with Crippen LogP contribution in [-0.4, -0.2) is 54.4 Å². The lowest BCUT2D eigenvalue weighted by Crippen LogP contribution is -2.52. The fourth-order valence-corrected chi connectivity index (χ4v) is 5.03. The topological polar surface area (TPSA) is 62.7 Å². The molecule has 1 aromatic carbocycles. The molecule has 2 heterocycles. The van der Waals surface area contributed by atoms with Gasteiger partial charge in [-0.2, -0.15) is 17.0 Å². The number of hydrogen-bond acceptors (Lipinski definition) is 4. The van der Waals surface area contributed by atoms with Gasteiger partial charge in [-0.05, 0) is 31.5 Å². The molecular formula is C19H25N3O3S. The van der Waals surface area contributed by atoms with E-state index in [1.807, 2.05) is 62.4 Å². The number of ether oxygens (including phenoxy) is 1. The molecule has 0 amide bonds. The minimum Gasteiger partial charge on any atom is -0.373 e. The lowest BCUT2D eigenvalue weighted by atomic mass is 10.0. The Hall–Kier alpha value is -1.80. The Balaban J connectivity index is 1.98. The number of pyridine rings is 1. The van der Waals surface area contributed by atoms with E-state index in [1.54, 1.807) is 13.2 Å². The molecule has 1 aromatic heterocycles. The van der Waals surface area contributed by atoms with Gasteiger partial charge in [0.05, 0.1) is 23.9 Å². The quantitative estimate of drug-likeness (QED) is 0.805. The van der Waals surface area contributed by atoms with E-state index in [9.17, 15) is 8.42 Å². The van der Waals surface area contributed by atoms with Crippen LogP contribution >= 0.6 is 0 Å². The molecule has 6 nitrogen and oxygen atoms in total. The highest BCUT2D eigenvalue weighted by molar-refractivity contribution is 7.86. The SMILES string of the molecule is CC1CN(S(=O)(=O)N(C)C(c2ccccc2)c2ccccn2)CC(C)O1. The van der Waals surface area contributed by atoms with Crippen molar-refractivity contribution in [2.75, 3.05) is 20.1 Å². The number of hydrogen-bond donors (Lipinski definition) is 0. The number of benzene rings is 1. The largest absolute Gasteiger partial charge is 0.373 e. The molecule has 3 unspecified atom stereocenters. The van der Waals surface area contributed by atoms with E-state index in [2.05, 4.69) is 4.98 Å². The van der Waals surface area contributed by atoms with Crippen LogP contribution in [0.3, 0.4) is 0 Å².